The molecule has 0 atom stereocenters. The quantitative estimate of drug-likeness (QED) is 0.572. The largest absolute Gasteiger partial charge is 0.364 e. The van der Waals surface area contributed by atoms with Crippen LogP contribution in [0.3, 0.4) is 0 Å². The smallest absolute Gasteiger partial charge is 0.128 e. The summed E-state index contributed by atoms with van der Waals surface area (Å²) in [6.07, 6.45) is 1.94. The van der Waals surface area contributed by atoms with E-state index in [1.807, 2.05) is 12.4 Å². The Hall–Kier alpha value is -1.09. The summed E-state index contributed by atoms with van der Waals surface area (Å²) in [4.78, 5) is 4.29. The van der Waals surface area contributed by atoms with E-state index in [0.29, 0.717) is 0 Å². The maximum Gasteiger partial charge on any atom is 0.128 e. The highest BCUT2D eigenvalue weighted by molar-refractivity contribution is 6.33. The van der Waals surface area contributed by atoms with Crippen LogP contribution in [0.1, 0.15) is 0 Å². The van der Waals surface area contributed by atoms with Gasteiger partial charge < -0.3 is 4.23 Å². The summed E-state index contributed by atoms with van der Waals surface area (Å²) in [5.74, 6) is 0. The van der Waals surface area contributed by atoms with Crippen molar-refractivity contribution in [3.63, 3.8) is 0 Å². The van der Waals surface area contributed by atoms with Gasteiger partial charge in [0.1, 0.15) is 9.68 Å². The number of imidazole rings is 1. The zero-order valence-electron chi connectivity index (χ0n) is 6.49. The molecule has 0 N–H and O–H groups in total. The van der Waals surface area contributed by atoms with E-state index in [-0.39, 0.29) is 9.68 Å². The standard InChI is InChI=1S/C8H10N2Si/c1-11-10-6-9-7-4-2-3-5-8(7)10/h2-6H,11H2,1H3. The Morgan fingerprint density at radius 3 is 3.00 bits per heavy atom. The van der Waals surface area contributed by atoms with Crippen LogP contribution in [0.5, 0.6) is 0 Å². The zero-order valence-corrected chi connectivity index (χ0v) is 7.90. The molecule has 0 fully saturated rings. The molecular formula is C8H10N2Si. The molecule has 0 amide bonds. The lowest BCUT2D eigenvalue weighted by Crippen LogP contribution is -1.97. The molecular weight excluding hydrogens is 152 g/mol. The molecule has 0 aliphatic carbocycles. The molecule has 0 saturated heterocycles. The molecule has 2 rings (SSSR count). The Kier molecular flexibility index (Phi) is 1.51. The van der Waals surface area contributed by atoms with E-state index >= 15 is 0 Å². The van der Waals surface area contributed by atoms with Crippen molar-refractivity contribution in [3.8, 4) is 0 Å². The summed E-state index contributed by atoms with van der Waals surface area (Å²) in [7, 11) is -0.134. The van der Waals surface area contributed by atoms with Gasteiger partial charge in [-0.3, -0.25) is 0 Å². The summed E-state index contributed by atoms with van der Waals surface area (Å²) in [5.41, 5.74) is 2.39. The fraction of sp³-hybridized carbons (Fsp3) is 0.125. The average Bonchev–Trinajstić information content (AvgIpc) is 2.47. The first kappa shape index (κ1) is 6.61. The van der Waals surface area contributed by atoms with Crippen LogP contribution < -0.4 is 0 Å². The van der Waals surface area contributed by atoms with Gasteiger partial charge in [-0.15, -0.1) is 0 Å². The van der Waals surface area contributed by atoms with Gasteiger partial charge in [0.25, 0.3) is 0 Å². The molecule has 0 saturated carbocycles. The Bertz CT molecular complexity index is 367. The summed E-state index contributed by atoms with van der Waals surface area (Å²) in [6, 6.07) is 8.26. The monoisotopic (exact) mass is 162 g/mol. The molecule has 56 valence electrons. The summed E-state index contributed by atoms with van der Waals surface area (Å²) < 4.78 is 2.27. The third-order valence-electron chi connectivity index (χ3n) is 1.87. The van der Waals surface area contributed by atoms with Gasteiger partial charge in [-0.05, 0) is 12.1 Å². The fourth-order valence-electron chi connectivity index (χ4n) is 1.26. The first-order valence-electron chi connectivity index (χ1n) is 3.81. The lowest BCUT2D eigenvalue weighted by atomic mass is 10.3. The summed E-state index contributed by atoms with van der Waals surface area (Å²) in [5, 5.41) is 0. The molecule has 3 heteroatoms. The van der Waals surface area contributed by atoms with Gasteiger partial charge in [-0.1, -0.05) is 18.7 Å². The number of hydrogen-bond acceptors (Lipinski definition) is 1. The molecule has 1 aromatic heterocycles. The Labute approximate surface area is 67.8 Å². The van der Waals surface area contributed by atoms with Crippen LogP contribution in [0.25, 0.3) is 11.0 Å². The second-order valence-corrected chi connectivity index (χ2v) is 3.83. The van der Waals surface area contributed by atoms with Crippen molar-refractivity contribution in [1.82, 2.24) is 9.22 Å². The normalized spacial score (nSPS) is 11.7. The number of para-hydroxylation sites is 2. The maximum atomic E-state index is 4.29. The number of benzene rings is 1. The minimum absolute atomic E-state index is 0.134. The topological polar surface area (TPSA) is 17.8 Å². The van der Waals surface area contributed by atoms with Gasteiger partial charge in [0.05, 0.1) is 17.4 Å². The second kappa shape index (κ2) is 2.51. The molecule has 0 aliphatic rings. The van der Waals surface area contributed by atoms with E-state index in [4.69, 9.17) is 0 Å². The lowest BCUT2D eigenvalue weighted by Gasteiger charge is -1.95. The molecule has 0 radical (unpaired) electrons. The van der Waals surface area contributed by atoms with Crippen LogP contribution >= 0.6 is 0 Å². The van der Waals surface area contributed by atoms with E-state index in [1.54, 1.807) is 0 Å². The van der Waals surface area contributed by atoms with Crippen LogP contribution in [0, 0.1) is 0 Å². The first-order valence-corrected chi connectivity index (χ1v) is 5.86. The van der Waals surface area contributed by atoms with E-state index in [9.17, 15) is 0 Å². The lowest BCUT2D eigenvalue weighted by molar-refractivity contribution is 1.23. The SMILES string of the molecule is C[SiH2]n1cnc2ccccc21. The van der Waals surface area contributed by atoms with Crippen LogP contribution in [0.4, 0.5) is 0 Å². The van der Waals surface area contributed by atoms with Crippen LogP contribution in [0.15, 0.2) is 30.6 Å². The number of nitrogens with zero attached hydrogens (tertiary/aromatic N) is 2. The Morgan fingerprint density at radius 2 is 2.18 bits per heavy atom. The van der Waals surface area contributed by atoms with Crippen molar-refractivity contribution >= 4 is 20.7 Å². The predicted octanol–water partition coefficient (Wildman–Crippen LogP) is 1.02. The van der Waals surface area contributed by atoms with E-state index < -0.39 is 0 Å². The minimum atomic E-state index is -0.134. The van der Waals surface area contributed by atoms with E-state index in [0.717, 1.165) is 5.52 Å². The van der Waals surface area contributed by atoms with Gasteiger partial charge in [-0.25, -0.2) is 4.98 Å². The van der Waals surface area contributed by atoms with E-state index in [1.165, 1.54) is 5.52 Å². The molecule has 2 aromatic rings. The minimum Gasteiger partial charge on any atom is -0.364 e. The van der Waals surface area contributed by atoms with Crippen LogP contribution in [-0.2, 0) is 0 Å². The zero-order chi connectivity index (χ0) is 7.68. The molecule has 0 spiro atoms. The molecule has 0 bridgehead atoms. The second-order valence-electron chi connectivity index (χ2n) is 2.52. The fourth-order valence-corrected chi connectivity index (χ4v) is 2.12. The van der Waals surface area contributed by atoms with Crippen molar-refractivity contribution in [2.24, 2.45) is 0 Å². The van der Waals surface area contributed by atoms with Gasteiger partial charge >= 0.3 is 0 Å². The molecule has 1 aromatic carbocycles. The maximum absolute atomic E-state index is 4.29. The summed E-state index contributed by atoms with van der Waals surface area (Å²) >= 11 is 0. The first-order chi connectivity index (χ1) is 5.42. The highest BCUT2D eigenvalue weighted by Gasteiger charge is 1.96. The predicted molar refractivity (Wildman–Crippen MR) is 49.5 cm³/mol. The molecule has 11 heavy (non-hydrogen) atoms. The number of rotatable bonds is 1. The number of fused-ring (bicyclic) bond motifs is 1. The van der Waals surface area contributed by atoms with Crippen molar-refractivity contribution in [1.29, 1.82) is 0 Å². The number of aromatic nitrogens is 2. The third kappa shape index (κ3) is 0.972. The van der Waals surface area contributed by atoms with E-state index in [2.05, 4.69) is 34.0 Å². The van der Waals surface area contributed by atoms with Gasteiger partial charge in [0.2, 0.25) is 0 Å². The Balaban J connectivity index is 2.76. The Morgan fingerprint density at radius 1 is 1.36 bits per heavy atom. The summed E-state index contributed by atoms with van der Waals surface area (Å²) in [6.45, 7) is 2.26. The van der Waals surface area contributed by atoms with Crippen LogP contribution in [-0.4, -0.2) is 18.9 Å². The molecule has 0 unspecified atom stereocenters. The van der Waals surface area contributed by atoms with Crippen molar-refractivity contribution in [2.45, 2.75) is 6.55 Å². The highest BCUT2D eigenvalue weighted by Crippen LogP contribution is 2.09. The molecule has 1 heterocycles. The van der Waals surface area contributed by atoms with Gasteiger partial charge in [0.15, 0.2) is 0 Å². The highest BCUT2D eigenvalue weighted by atomic mass is 28.2. The van der Waals surface area contributed by atoms with Crippen molar-refractivity contribution in [2.75, 3.05) is 0 Å². The molecule has 0 aliphatic heterocycles. The van der Waals surface area contributed by atoms with Gasteiger partial charge in [0, 0.05) is 0 Å². The molecule has 2 nitrogen and oxygen atoms in total. The van der Waals surface area contributed by atoms with Gasteiger partial charge in [-0.2, -0.15) is 0 Å². The van der Waals surface area contributed by atoms with Crippen LogP contribution in [0.2, 0.25) is 6.55 Å². The van der Waals surface area contributed by atoms with Crippen molar-refractivity contribution < 1.29 is 0 Å². The third-order valence-corrected chi connectivity index (χ3v) is 3.05. The van der Waals surface area contributed by atoms with Crippen molar-refractivity contribution in [3.05, 3.63) is 30.6 Å². The number of hydrogen-bond donors (Lipinski definition) is 0. The average molecular weight is 162 g/mol.